The molecule has 0 bridgehead atoms. The van der Waals surface area contributed by atoms with Crippen LogP contribution in [0.5, 0.6) is 0 Å². The fraction of sp³-hybridized carbons (Fsp3) is 0.696. The number of aryl methyl sites for hydroxylation is 1. The summed E-state index contributed by atoms with van der Waals surface area (Å²) in [5.74, 6) is 0.729. The Morgan fingerprint density at radius 1 is 1.22 bits per heavy atom. The van der Waals surface area contributed by atoms with Crippen LogP contribution in [0, 0.1) is 0 Å². The Morgan fingerprint density at radius 2 is 1.94 bits per heavy atom. The number of imidazole rings is 1. The molecule has 32 heavy (non-hydrogen) atoms. The van der Waals surface area contributed by atoms with E-state index >= 15 is 0 Å². The summed E-state index contributed by atoms with van der Waals surface area (Å²) in [4.78, 5) is 35.7. The van der Waals surface area contributed by atoms with Crippen molar-refractivity contribution in [1.82, 2.24) is 23.6 Å². The SMILES string of the molecule is CCN(CC)CCCn1c(=O)n(C)c(=O)c2c1nc(N1CCCC(N)C1)n2CC=C(C)C. The summed E-state index contributed by atoms with van der Waals surface area (Å²) in [6, 6.07) is 0.0829. The molecule has 3 rings (SSSR count). The van der Waals surface area contributed by atoms with Gasteiger partial charge in [-0.05, 0) is 52.7 Å². The van der Waals surface area contributed by atoms with Gasteiger partial charge in [0, 0.05) is 39.3 Å². The summed E-state index contributed by atoms with van der Waals surface area (Å²) in [5, 5.41) is 0. The summed E-state index contributed by atoms with van der Waals surface area (Å²) in [5.41, 5.74) is 7.77. The van der Waals surface area contributed by atoms with E-state index < -0.39 is 0 Å². The van der Waals surface area contributed by atoms with Crippen molar-refractivity contribution in [3.05, 3.63) is 32.5 Å². The van der Waals surface area contributed by atoms with Crippen LogP contribution in [0.25, 0.3) is 11.2 Å². The molecular weight excluding hydrogens is 406 g/mol. The van der Waals surface area contributed by atoms with E-state index in [2.05, 4.69) is 29.7 Å². The molecule has 2 N–H and O–H groups in total. The molecule has 178 valence electrons. The Hall–Kier alpha value is -2.39. The summed E-state index contributed by atoms with van der Waals surface area (Å²) >= 11 is 0. The largest absolute Gasteiger partial charge is 0.341 e. The van der Waals surface area contributed by atoms with E-state index in [-0.39, 0.29) is 17.3 Å². The Bertz CT molecular complexity index is 1070. The number of hydrogen-bond acceptors (Lipinski definition) is 6. The van der Waals surface area contributed by atoms with Crippen molar-refractivity contribution in [1.29, 1.82) is 0 Å². The maximum Gasteiger partial charge on any atom is 0.332 e. The first-order valence-corrected chi connectivity index (χ1v) is 11.8. The van der Waals surface area contributed by atoms with Gasteiger partial charge in [-0.3, -0.25) is 13.9 Å². The molecular formula is C23H39N7O2. The highest BCUT2D eigenvalue weighted by Gasteiger charge is 2.26. The van der Waals surface area contributed by atoms with E-state index in [1.54, 1.807) is 11.6 Å². The van der Waals surface area contributed by atoms with E-state index in [0.29, 0.717) is 30.8 Å². The lowest BCUT2D eigenvalue weighted by Gasteiger charge is -2.31. The van der Waals surface area contributed by atoms with E-state index in [1.165, 1.54) is 4.57 Å². The second-order valence-corrected chi connectivity index (χ2v) is 9.00. The average Bonchev–Trinajstić information content (AvgIpc) is 3.15. The topological polar surface area (TPSA) is 94.3 Å². The van der Waals surface area contributed by atoms with Crippen LogP contribution >= 0.6 is 0 Å². The molecule has 1 unspecified atom stereocenters. The van der Waals surface area contributed by atoms with Crippen LogP contribution in [0.4, 0.5) is 5.95 Å². The molecule has 3 heterocycles. The molecule has 1 aliphatic heterocycles. The zero-order valence-electron chi connectivity index (χ0n) is 20.3. The van der Waals surface area contributed by atoms with Crippen molar-refractivity contribution in [3.8, 4) is 0 Å². The van der Waals surface area contributed by atoms with Gasteiger partial charge in [0.15, 0.2) is 11.2 Å². The van der Waals surface area contributed by atoms with Crippen LogP contribution in [0.1, 0.15) is 47.0 Å². The van der Waals surface area contributed by atoms with Gasteiger partial charge in [0.2, 0.25) is 5.95 Å². The van der Waals surface area contributed by atoms with Crippen LogP contribution in [-0.4, -0.2) is 62.4 Å². The average molecular weight is 446 g/mol. The first kappa shape index (κ1) is 24.3. The molecule has 0 aliphatic carbocycles. The summed E-state index contributed by atoms with van der Waals surface area (Å²) in [6.45, 7) is 13.8. The third-order valence-corrected chi connectivity index (χ3v) is 6.38. The first-order valence-electron chi connectivity index (χ1n) is 11.8. The number of rotatable bonds is 9. The number of nitrogens with zero attached hydrogens (tertiary/aromatic N) is 6. The van der Waals surface area contributed by atoms with Crippen molar-refractivity contribution in [2.75, 3.05) is 37.6 Å². The molecule has 9 heteroatoms. The summed E-state index contributed by atoms with van der Waals surface area (Å²) in [7, 11) is 1.56. The first-order chi connectivity index (χ1) is 15.3. The molecule has 2 aromatic heterocycles. The van der Waals surface area contributed by atoms with Crippen molar-refractivity contribution in [3.63, 3.8) is 0 Å². The van der Waals surface area contributed by atoms with Crippen molar-refractivity contribution >= 4 is 17.1 Å². The monoisotopic (exact) mass is 445 g/mol. The molecule has 0 spiro atoms. The molecule has 1 fully saturated rings. The number of allylic oxidation sites excluding steroid dienone is 2. The lowest BCUT2D eigenvalue weighted by atomic mass is 10.1. The Labute approximate surface area is 190 Å². The molecule has 0 aromatic carbocycles. The number of hydrogen-bond donors (Lipinski definition) is 1. The van der Waals surface area contributed by atoms with Gasteiger partial charge in [0.05, 0.1) is 0 Å². The fourth-order valence-corrected chi connectivity index (χ4v) is 4.42. The molecule has 9 nitrogen and oxygen atoms in total. The predicted molar refractivity (Wildman–Crippen MR) is 130 cm³/mol. The molecule has 0 amide bonds. The zero-order chi connectivity index (χ0) is 23.4. The number of fused-ring (bicyclic) bond motifs is 1. The van der Waals surface area contributed by atoms with Crippen LogP contribution in [-0.2, 0) is 20.1 Å². The summed E-state index contributed by atoms with van der Waals surface area (Å²) in [6.07, 6.45) is 4.88. The second kappa shape index (κ2) is 10.5. The van der Waals surface area contributed by atoms with E-state index in [4.69, 9.17) is 10.7 Å². The second-order valence-electron chi connectivity index (χ2n) is 9.00. The van der Waals surface area contributed by atoms with Gasteiger partial charge in [0.1, 0.15) is 0 Å². The molecule has 1 aliphatic rings. The van der Waals surface area contributed by atoms with Gasteiger partial charge < -0.3 is 20.1 Å². The van der Waals surface area contributed by atoms with Gasteiger partial charge in [-0.2, -0.15) is 4.98 Å². The van der Waals surface area contributed by atoms with Crippen LogP contribution in [0.2, 0.25) is 0 Å². The Morgan fingerprint density at radius 3 is 2.56 bits per heavy atom. The Balaban J connectivity index is 2.13. The maximum absolute atomic E-state index is 13.2. The zero-order valence-corrected chi connectivity index (χ0v) is 20.3. The normalized spacial score (nSPS) is 16.8. The minimum atomic E-state index is -0.309. The Kier molecular flexibility index (Phi) is 7.95. The van der Waals surface area contributed by atoms with Gasteiger partial charge in [0.25, 0.3) is 5.56 Å². The smallest absolute Gasteiger partial charge is 0.332 e. The fourth-order valence-electron chi connectivity index (χ4n) is 4.42. The molecule has 2 aromatic rings. The number of piperidine rings is 1. The van der Waals surface area contributed by atoms with Gasteiger partial charge >= 0.3 is 5.69 Å². The van der Waals surface area contributed by atoms with Crippen LogP contribution < -0.4 is 21.9 Å². The standard InChI is InChI=1S/C23H39N7O2/c1-6-27(7-2)12-9-14-30-20-19(21(31)26(5)23(30)32)29(15-11-17(3)4)22(25-20)28-13-8-10-18(24)16-28/h11,18H,6-10,12-16,24H2,1-5H3. The van der Waals surface area contributed by atoms with Crippen molar-refractivity contribution < 1.29 is 0 Å². The highest BCUT2D eigenvalue weighted by molar-refractivity contribution is 5.75. The van der Waals surface area contributed by atoms with Crippen molar-refractivity contribution in [2.45, 2.75) is 66.1 Å². The lowest BCUT2D eigenvalue weighted by molar-refractivity contribution is 0.292. The molecule has 1 saturated heterocycles. The number of anilines is 1. The predicted octanol–water partition coefficient (Wildman–Crippen LogP) is 1.52. The number of nitrogens with two attached hydrogens (primary N) is 1. The molecule has 1 atom stereocenters. The summed E-state index contributed by atoms with van der Waals surface area (Å²) < 4.78 is 4.85. The maximum atomic E-state index is 13.2. The van der Waals surface area contributed by atoms with E-state index in [9.17, 15) is 9.59 Å². The molecule has 0 radical (unpaired) electrons. The third kappa shape index (κ3) is 4.99. The highest BCUT2D eigenvalue weighted by Crippen LogP contribution is 2.23. The van der Waals surface area contributed by atoms with Gasteiger partial charge in [-0.1, -0.05) is 25.5 Å². The quantitative estimate of drug-likeness (QED) is 0.588. The highest BCUT2D eigenvalue weighted by atomic mass is 16.2. The van der Waals surface area contributed by atoms with Crippen molar-refractivity contribution in [2.24, 2.45) is 12.8 Å². The number of aromatic nitrogens is 4. The minimum Gasteiger partial charge on any atom is -0.341 e. The third-order valence-electron chi connectivity index (χ3n) is 6.38. The van der Waals surface area contributed by atoms with E-state index in [0.717, 1.165) is 57.0 Å². The van der Waals surface area contributed by atoms with Crippen LogP contribution in [0.3, 0.4) is 0 Å². The van der Waals surface area contributed by atoms with Crippen LogP contribution in [0.15, 0.2) is 21.2 Å². The van der Waals surface area contributed by atoms with Gasteiger partial charge in [-0.25, -0.2) is 4.79 Å². The minimum absolute atomic E-state index is 0.0829. The van der Waals surface area contributed by atoms with Gasteiger partial charge in [-0.15, -0.1) is 0 Å². The van der Waals surface area contributed by atoms with E-state index in [1.807, 2.05) is 18.4 Å². The molecule has 0 saturated carbocycles. The lowest BCUT2D eigenvalue weighted by Crippen LogP contribution is -2.44.